The highest BCUT2D eigenvalue weighted by atomic mass is 35.5. The van der Waals surface area contributed by atoms with Gasteiger partial charge >= 0.3 is 5.97 Å². The molecule has 0 saturated carbocycles. The molecule has 0 fully saturated rings. The number of carbonyl (C=O) groups excluding carboxylic acids is 1. The first-order chi connectivity index (χ1) is 13.9. The summed E-state index contributed by atoms with van der Waals surface area (Å²) in [4.78, 5) is 23.7. The summed E-state index contributed by atoms with van der Waals surface area (Å²) in [6, 6.07) is 11.1. The fourth-order valence-electron chi connectivity index (χ4n) is 2.55. The first-order valence-corrected chi connectivity index (χ1v) is 10.1. The van der Waals surface area contributed by atoms with Crippen LogP contribution in [0.2, 0.25) is 5.02 Å². The van der Waals surface area contributed by atoms with Crippen molar-refractivity contribution in [2.24, 2.45) is 0 Å². The van der Waals surface area contributed by atoms with Crippen LogP contribution >= 0.6 is 23.8 Å². The Morgan fingerprint density at radius 2 is 1.83 bits per heavy atom. The van der Waals surface area contributed by atoms with Crippen LogP contribution in [0.4, 0.5) is 5.69 Å². The molecule has 1 amide bonds. The van der Waals surface area contributed by atoms with Crippen molar-refractivity contribution in [3.05, 3.63) is 58.6 Å². The topological polar surface area (TPSA) is 87.7 Å². The van der Waals surface area contributed by atoms with Gasteiger partial charge in [0.15, 0.2) is 5.11 Å². The van der Waals surface area contributed by atoms with E-state index in [-0.39, 0.29) is 21.4 Å². The van der Waals surface area contributed by atoms with Crippen LogP contribution in [-0.4, -0.2) is 28.7 Å². The Kier molecular flexibility index (Phi) is 8.89. The zero-order chi connectivity index (χ0) is 21.2. The molecule has 3 N–H and O–H groups in total. The minimum atomic E-state index is -1.16. The van der Waals surface area contributed by atoms with Gasteiger partial charge in [0.2, 0.25) is 0 Å². The smallest absolute Gasteiger partial charge is 0.337 e. The Hall–Kier alpha value is -2.64. The van der Waals surface area contributed by atoms with Crippen LogP contribution in [0, 0.1) is 0 Å². The number of carboxylic acids is 1. The lowest BCUT2D eigenvalue weighted by atomic mass is 10.2. The molecule has 0 bridgehead atoms. The van der Waals surface area contributed by atoms with Crippen molar-refractivity contribution < 1.29 is 19.4 Å². The zero-order valence-electron chi connectivity index (χ0n) is 16.0. The van der Waals surface area contributed by atoms with Gasteiger partial charge in [0.1, 0.15) is 5.75 Å². The first-order valence-electron chi connectivity index (χ1n) is 9.28. The molecular weight excluding hydrogens is 412 g/mol. The normalized spacial score (nSPS) is 10.3. The van der Waals surface area contributed by atoms with Gasteiger partial charge in [0, 0.05) is 10.6 Å². The molecule has 0 aliphatic carbocycles. The summed E-state index contributed by atoms with van der Waals surface area (Å²) in [5, 5.41) is 14.8. The molecule has 0 aliphatic rings. The molecule has 0 unspecified atom stereocenters. The molecule has 2 rings (SSSR count). The number of hydrogen-bond acceptors (Lipinski definition) is 4. The maximum atomic E-state index is 12.3. The lowest BCUT2D eigenvalue weighted by Gasteiger charge is -2.12. The van der Waals surface area contributed by atoms with Crippen molar-refractivity contribution in [2.75, 3.05) is 11.9 Å². The van der Waals surface area contributed by atoms with Gasteiger partial charge < -0.3 is 15.2 Å². The Morgan fingerprint density at radius 3 is 2.48 bits per heavy atom. The summed E-state index contributed by atoms with van der Waals surface area (Å²) in [6.45, 7) is 2.80. The number of thiocarbonyl (C=S) groups is 1. The van der Waals surface area contributed by atoms with Crippen LogP contribution in [0.5, 0.6) is 5.75 Å². The van der Waals surface area contributed by atoms with E-state index in [9.17, 15) is 14.7 Å². The van der Waals surface area contributed by atoms with Crippen LogP contribution in [0.3, 0.4) is 0 Å². The molecule has 154 valence electrons. The number of benzene rings is 2. The fourth-order valence-corrected chi connectivity index (χ4v) is 2.93. The average Bonchev–Trinajstić information content (AvgIpc) is 2.69. The summed E-state index contributed by atoms with van der Waals surface area (Å²) in [5.41, 5.74) is 0.593. The fraction of sp³-hybridized carbons (Fsp3) is 0.286. The molecule has 29 heavy (non-hydrogen) atoms. The van der Waals surface area contributed by atoms with Gasteiger partial charge in [-0.15, -0.1) is 0 Å². The summed E-state index contributed by atoms with van der Waals surface area (Å²) in [7, 11) is 0. The molecule has 6 nitrogen and oxygen atoms in total. The van der Waals surface area contributed by atoms with Gasteiger partial charge in [-0.2, -0.15) is 0 Å². The minimum absolute atomic E-state index is 0.0175. The molecule has 0 spiro atoms. The van der Waals surface area contributed by atoms with Gasteiger partial charge in [-0.25, -0.2) is 4.79 Å². The molecule has 0 aliphatic heterocycles. The molecule has 0 saturated heterocycles. The van der Waals surface area contributed by atoms with Crippen LogP contribution in [0.15, 0.2) is 42.5 Å². The summed E-state index contributed by atoms with van der Waals surface area (Å²) >= 11 is 10.9. The van der Waals surface area contributed by atoms with E-state index in [2.05, 4.69) is 17.6 Å². The molecule has 0 aromatic heterocycles. The van der Waals surface area contributed by atoms with Crippen molar-refractivity contribution in [2.45, 2.75) is 32.6 Å². The third kappa shape index (κ3) is 7.36. The molecule has 0 heterocycles. The second kappa shape index (κ2) is 11.4. The van der Waals surface area contributed by atoms with Crippen LogP contribution in [-0.2, 0) is 0 Å². The lowest BCUT2D eigenvalue weighted by molar-refractivity contribution is 0.0697. The second-order valence-corrected chi connectivity index (χ2v) is 7.18. The van der Waals surface area contributed by atoms with Gasteiger partial charge in [0.05, 0.1) is 17.9 Å². The van der Waals surface area contributed by atoms with E-state index < -0.39 is 11.9 Å². The molecular formula is C21H23ClN2O4S. The maximum absolute atomic E-state index is 12.3. The van der Waals surface area contributed by atoms with Crippen LogP contribution in [0.1, 0.15) is 53.3 Å². The van der Waals surface area contributed by atoms with E-state index in [0.29, 0.717) is 17.9 Å². The number of amides is 1. The van der Waals surface area contributed by atoms with E-state index in [1.165, 1.54) is 31.0 Å². The number of ether oxygens (including phenoxy) is 1. The number of nitrogens with one attached hydrogen (secondary N) is 2. The number of carbonyl (C=O) groups is 2. The Labute approximate surface area is 180 Å². The molecule has 2 aromatic rings. The predicted molar refractivity (Wildman–Crippen MR) is 118 cm³/mol. The monoisotopic (exact) mass is 434 g/mol. The summed E-state index contributed by atoms with van der Waals surface area (Å²) in [6.07, 6.45) is 4.51. The highest BCUT2D eigenvalue weighted by molar-refractivity contribution is 7.80. The average molecular weight is 435 g/mol. The summed E-state index contributed by atoms with van der Waals surface area (Å²) < 4.78 is 5.66. The predicted octanol–water partition coefficient (Wildman–Crippen LogP) is 5.12. The molecule has 0 radical (unpaired) electrons. The van der Waals surface area contributed by atoms with Gasteiger partial charge in [0.25, 0.3) is 5.91 Å². The largest absolute Gasteiger partial charge is 0.494 e. The van der Waals surface area contributed by atoms with Gasteiger partial charge in [-0.1, -0.05) is 37.8 Å². The Balaban J connectivity index is 1.90. The third-order valence-corrected chi connectivity index (χ3v) is 4.51. The SMILES string of the molecule is CCCCCCOc1ccc(C(=O)NC(=S)Nc2ccc(Cl)cc2C(=O)O)cc1. The van der Waals surface area contributed by atoms with Crippen molar-refractivity contribution in [1.82, 2.24) is 5.32 Å². The number of aromatic carboxylic acids is 1. The quantitative estimate of drug-likeness (QED) is 0.375. The lowest BCUT2D eigenvalue weighted by Crippen LogP contribution is -2.34. The van der Waals surface area contributed by atoms with E-state index >= 15 is 0 Å². The van der Waals surface area contributed by atoms with Gasteiger partial charge in [-0.3, -0.25) is 10.1 Å². The van der Waals surface area contributed by atoms with Crippen LogP contribution < -0.4 is 15.4 Å². The number of hydrogen-bond donors (Lipinski definition) is 3. The van der Waals surface area contributed by atoms with Crippen molar-refractivity contribution >= 4 is 46.5 Å². The first kappa shape index (κ1) is 22.6. The number of anilines is 1. The number of carboxylic acid groups (broad SMARTS) is 1. The van der Waals surface area contributed by atoms with E-state index in [1.54, 1.807) is 24.3 Å². The highest BCUT2D eigenvalue weighted by Gasteiger charge is 2.14. The number of rotatable bonds is 9. The van der Waals surface area contributed by atoms with E-state index in [1.807, 2.05) is 0 Å². The molecule has 8 heteroatoms. The molecule has 0 atom stereocenters. The Bertz CT molecular complexity index is 871. The number of halogens is 1. The van der Waals surface area contributed by atoms with E-state index in [4.69, 9.17) is 28.6 Å². The second-order valence-electron chi connectivity index (χ2n) is 6.34. The maximum Gasteiger partial charge on any atom is 0.337 e. The standard InChI is InChI=1S/C21H23ClN2O4S/c1-2-3-4-5-12-28-16-9-6-14(7-10-16)19(25)24-21(29)23-18-11-8-15(22)13-17(18)20(26)27/h6-11,13H,2-5,12H2,1H3,(H,26,27)(H2,23,24,25,29). The van der Waals surface area contributed by atoms with Crippen molar-refractivity contribution in [1.29, 1.82) is 0 Å². The van der Waals surface area contributed by atoms with E-state index in [0.717, 1.165) is 12.8 Å². The number of unbranched alkanes of at least 4 members (excludes halogenated alkanes) is 3. The van der Waals surface area contributed by atoms with Crippen molar-refractivity contribution in [3.63, 3.8) is 0 Å². The third-order valence-electron chi connectivity index (χ3n) is 4.07. The van der Waals surface area contributed by atoms with Crippen molar-refractivity contribution in [3.8, 4) is 5.75 Å². The Morgan fingerprint density at radius 1 is 1.10 bits per heavy atom. The minimum Gasteiger partial charge on any atom is -0.494 e. The zero-order valence-corrected chi connectivity index (χ0v) is 17.6. The van der Waals surface area contributed by atoms with Gasteiger partial charge in [-0.05, 0) is 61.1 Å². The highest BCUT2D eigenvalue weighted by Crippen LogP contribution is 2.21. The molecule has 2 aromatic carbocycles. The summed E-state index contributed by atoms with van der Waals surface area (Å²) in [5.74, 6) is -0.872. The van der Waals surface area contributed by atoms with Crippen LogP contribution in [0.25, 0.3) is 0 Å².